The van der Waals surface area contributed by atoms with Crippen LogP contribution in [0.25, 0.3) is 11.3 Å². The molecule has 0 atom stereocenters. The number of benzene rings is 1. The Bertz CT molecular complexity index is 1120. The van der Waals surface area contributed by atoms with Gasteiger partial charge in [-0.1, -0.05) is 6.07 Å². The van der Waals surface area contributed by atoms with Crippen molar-refractivity contribution in [2.45, 2.75) is 17.9 Å². The lowest BCUT2D eigenvalue weighted by atomic mass is 10.1. The monoisotopic (exact) mass is 432 g/mol. The van der Waals surface area contributed by atoms with Crippen molar-refractivity contribution in [2.24, 2.45) is 0 Å². The summed E-state index contributed by atoms with van der Waals surface area (Å²) in [6.07, 6.45) is 4.74. The van der Waals surface area contributed by atoms with Gasteiger partial charge in [-0.25, -0.2) is 21.9 Å². The minimum atomic E-state index is -4.41. The van der Waals surface area contributed by atoms with Crippen LogP contribution < -0.4 is 10.0 Å². The van der Waals surface area contributed by atoms with E-state index in [2.05, 4.69) is 15.3 Å². The zero-order valence-corrected chi connectivity index (χ0v) is 16.5. The van der Waals surface area contributed by atoms with Gasteiger partial charge in [-0.05, 0) is 42.0 Å². The van der Waals surface area contributed by atoms with E-state index in [1.807, 2.05) is 10.8 Å². The minimum absolute atomic E-state index is 0.199. The molecule has 0 fully saturated rings. The van der Waals surface area contributed by atoms with E-state index >= 15 is 0 Å². The first-order chi connectivity index (χ1) is 14.4. The Morgan fingerprint density at radius 3 is 2.50 bits per heavy atom. The highest BCUT2D eigenvalue weighted by Crippen LogP contribution is 2.18. The number of nitrogens with one attached hydrogen (secondary N) is 2. The van der Waals surface area contributed by atoms with Crippen LogP contribution >= 0.6 is 0 Å². The number of hydrogen-bond donors (Lipinski definition) is 2. The fourth-order valence-corrected chi connectivity index (χ4v) is 3.82. The summed E-state index contributed by atoms with van der Waals surface area (Å²) in [5.74, 6) is -2.82. The van der Waals surface area contributed by atoms with Crippen LogP contribution in [0.2, 0.25) is 0 Å². The highest BCUT2D eigenvalue weighted by molar-refractivity contribution is 7.89. The first-order valence-corrected chi connectivity index (χ1v) is 10.4. The number of carbonyl (C=O) groups is 1. The summed E-state index contributed by atoms with van der Waals surface area (Å²) >= 11 is 0. The third-order valence-corrected chi connectivity index (χ3v) is 5.61. The summed E-state index contributed by atoms with van der Waals surface area (Å²) < 4.78 is 53.5. The number of amides is 1. The molecule has 3 rings (SSSR count). The number of pyridine rings is 2. The van der Waals surface area contributed by atoms with Crippen LogP contribution in [0.4, 0.5) is 8.78 Å². The molecule has 0 aliphatic heterocycles. The van der Waals surface area contributed by atoms with Gasteiger partial charge in [0.25, 0.3) is 0 Å². The number of rotatable bonds is 8. The van der Waals surface area contributed by atoms with Crippen molar-refractivity contribution in [1.82, 2.24) is 20.0 Å². The average Bonchev–Trinajstić information content (AvgIpc) is 2.73. The van der Waals surface area contributed by atoms with E-state index in [1.165, 1.54) is 0 Å². The van der Waals surface area contributed by atoms with Crippen molar-refractivity contribution >= 4 is 15.9 Å². The van der Waals surface area contributed by atoms with Crippen molar-refractivity contribution in [3.05, 3.63) is 78.3 Å². The normalized spacial score (nSPS) is 11.3. The average molecular weight is 432 g/mol. The molecule has 0 bridgehead atoms. The van der Waals surface area contributed by atoms with Gasteiger partial charge < -0.3 is 5.32 Å². The van der Waals surface area contributed by atoms with Crippen LogP contribution in [-0.4, -0.2) is 30.8 Å². The van der Waals surface area contributed by atoms with Gasteiger partial charge in [-0.3, -0.25) is 14.8 Å². The zero-order chi connectivity index (χ0) is 21.6. The molecular formula is C20H18F2N4O3S. The summed E-state index contributed by atoms with van der Waals surface area (Å²) in [6.45, 7) is -0.0947. The van der Waals surface area contributed by atoms with Crippen molar-refractivity contribution in [3.63, 3.8) is 0 Å². The molecule has 7 nitrogen and oxygen atoms in total. The topological polar surface area (TPSA) is 101 Å². The number of sulfonamides is 1. The number of halogens is 2. The quantitative estimate of drug-likeness (QED) is 0.569. The summed E-state index contributed by atoms with van der Waals surface area (Å²) in [4.78, 5) is 19.2. The number of carbonyl (C=O) groups excluding carboxylic acids is 1. The van der Waals surface area contributed by atoms with E-state index in [-0.39, 0.29) is 19.5 Å². The molecule has 0 aliphatic carbocycles. The lowest BCUT2D eigenvalue weighted by molar-refractivity contribution is -0.121. The standard InChI is InChI=1S/C20H18F2N4O3S/c21-16-4-1-5-17(22)20(16)30(28,29)26-10-7-19(27)25-12-14-6-9-24-18(11-14)15-3-2-8-23-13-15/h1-6,8-9,11,13,26H,7,10,12H2,(H,25,27). The smallest absolute Gasteiger partial charge is 0.246 e. The Morgan fingerprint density at radius 2 is 1.80 bits per heavy atom. The molecule has 0 saturated heterocycles. The Kier molecular flexibility index (Phi) is 6.80. The third-order valence-electron chi connectivity index (χ3n) is 4.10. The molecule has 0 aliphatic rings. The van der Waals surface area contributed by atoms with E-state index < -0.39 is 32.5 Å². The molecule has 156 valence electrons. The summed E-state index contributed by atoms with van der Waals surface area (Å²) in [5.41, 5.74) is 2.33. The molecule has 0 unspecified atom stereocenters. The Morgan fingerprint density at radius 1 is 1.03 bits per heavy atom. The molecule has 10 heteroatoms. The molecule has 2 aromatic heterocycles. The van der Waals surface area contributed by atoms with Crippen LogP contribution in [-0.2, 0) is 21.4 Å². The third kappa shape index (κ3) is 5.43. The van der Waals surface area contributed by atoms with Crippen LogP contribution in [0.1, 0.15) is 12.0 Å². The molecule has 0 radical (unpaired) electrons. The van der Waals surface area contributed by atoms with Gasteiger partial charge in [-0.2, -0.15) is 0 Å². The van der Waals surface area contributed by atoms with Crippen molar-refractivity contribution in [1.29, 1.82) is 0 Å². The molecule has 0 spiro atoms. The molecule has 0 saturated carbocycles. The molecule has 30 heavy (non-hydrogen) atoms. The van der Waals surface area contributed by atoms with E-state index in [0.29, 0.717) is 5.69 Å². The Balaban J connectivity index is 1.52. The van der Waals surface area contributed by atoms with E-state index in [9.17, 15) is 22.0 Å². The molecule has 1 aromatic carbocycles. The van der Waals surface area contributed by atoms with Crippen molar-refractivity contribution < 1.29 is 22.0 Å². The minimum Gasteiger partial charge on any atom is -0.352 e. The van der Waals surface area contributed by atoms with Gasteiger partial charge in [0.15, 0.2) is 4.90 Å². The van der Waals surface area contributed by atoms with E-state index in [0.717, 1.165) is 29.3 Å². The lowest BCUT2D eigenvalue weighted by Gasteiger charge is -2.09. The first-order valence-electron chi connectivity index (χ1n) is 8.92. The fourth-order valence-electron chi connectivity index (χ4n) is 2.66. The van der Waals surface area contributed by atoms with Gasteiger partial charge in [0, 0.05) is 43.7 Å². The molecule has 2 N–H and O–H groups in total. The molecule has 3 aromatic rings. The number of hydrogen-bond acceptors (Lipinski definition) is 5. The van der Waals surface area contributed by atoms with Gasteiger partial charge in [0.1, 0.15) is 11.6 Å². The SMILES string of the molecule is O=C(CCNS(=O)(=O)c1c(F)cccc1F)NCc1ccnc(-c2cccnc2)c1. The predicted octanol–water partition coefficient (Wildman–Crippen LogP) is 2.41. The van der Waals surface area contributed by atoms with Gasteiger partial charge in [0.2, 0.25) is 15.9 Å². The summed E-state index contributed by atoms with van der Waals surface area (Å²) in [7, 11) is -4.41. The van der Waals surface area contributed by atoms with Gasteiger partial charge >= 0.3 is 0 Å². The first kappa shape index (κ1) is 21.5. The molecule has 1 amide bonds. The highest BCUT2D eigenvalue weighted by Gasteiger charge is 2.23. The van der Waals surface area contributed by atoms with Gasteiger partial charge in [-0.15, -0.1) is 0 Å². The maximum absolute atomic E-state index is 13.6. The Hall–Kier alpha value is -3.24. The second-order valence-electron chi connectivity index (χ2n) is 6.27. The van der Waals surface area contributed by atoms with Crippen LogP contribution in [0.3, 0.4) is 0 Å². The van der Waals surface area contributed by atoms with Crippen molar-refractivity contribution in [3.8, 4) is 11.3 Å². The number of nitrogens with zero attached hydrogens (tertiary/aromatic N) is 2. The number of aromatic nitrogens is 2. The largest absolute Gasteiger partial charge is 0.352 e. The predicted molar refractivity (Wildman–Crippen MR) is 105 cm³/mol. The van der Waals surface area contributed by atoms with Gasteiger partial charge in [0.05, 0.1) is 5.69 Å². The van der Waals surface area contributed by atoms with Crippen LogP contribution in [0.15, 0.2) is 66.0 Å². The molecular weight excluding hydrogens is 414 g/mol. The van der Waals surface area contributed by atoms with Crippen molar-refractivity contribution in [2.75, 3.05) is 6.54 Å². The fraction of sp³-hybridized carbons (Fsp3) is 0.150. The zero-order valence-electron chi connectivity index (χ0n) is 15.7. The van der Waals surface area contributed by atoms with Crippen LogP contribution in [0, 0.1) is 11.6 Å². The molecule has 2 heterocycles. The van der Waals surface area contributed by atoms with E-state index in [1.54, 1.807) is 36.8 Å². The maximum Gasteiger partial charge on any atom is 0.246 e. The lowest BCUT2D eigenvalue weighted by Crippen LogP contribution is -2.31. The maximum atomic E-state index is 13.6. The second kappa shape index (κ2) is 9.51. The summed E-state index contributed by atoms with van der Waals surface area (Å²) in [6, 6.07) is 9.96. The Labute approximate surface area is 172 Å². The summed E-state index contributed by atoms with van der Waals surface area (Å²) in [5, 5.41) is 2.66. The van der Waals surface area contributed by atoms with Crippen LogP contribution in [0.5, 0.6) is 0 Å². The van der Waals surface area contributed by atoms with E-state index in [4.69, 9.17) is 0 Å². The second-order valence-corrected chi connectivity index (χ2v) is 7.97. The highest BCUT2D eigenvalue weighted by atomic mass is 32.2.